The Hall–Kier alpha value is -0.740. The molecule has 2 nitrogen and oxygen atoms in total. The topological polar surface area (TPSA) is 26.3 Å². The minimum Gasteiger partial charge on any atom is -0.381 e. The van der Waals surface area contributed by atoms with E-state index in [9.17, 15) is 9.18 Å². The maximum Gasteiger partial charge on any atom is 0.139 e. The molecule has 0 saturated heterocycles. The fraction of sp³-hybridized carbons (Fsp3) is 0.417. The number of ketones is 1. The molecular formula is C12H14BrFO2. The lowest BCUT2D eigenvalue weighted by Crippen LogP contribution is -2.14. The highest BCUT2D eigenvalue weighted by molar-refractivity contribution is 9.10. The van der Waals surface area contributed by atoms with E-state index < -0.39 is 0 Å². The van der Waals surface area contributed by atoms with Gasteiger partial charge in [-0.15, -0.1) is 0 Å². The van der Waals surface area contributed by atoms with E-state index in [4.69, 9.17) is 4.74 Å². The molecule has 1 rings (SSSR count). The van der Waals surface area contributed by atoms with Gasteiger partial charge in [0.25, 0.3) is 0 Å². The van der Waals surface area contributed by atoms with E-state index >= 15 is 0 Å². The summed E-state index contributed by atoms with van der Waals surface area (Å²) in [5, 5.41) is 0. The summed E-state index contributed by atoms with van der Waals surface area (Å²) >= 11 is 3.29. The van der Waals surface area contributed by atoms with Crippen LogP contribution in [0.5, 0.6) is 0 Å². The summed E-state index contributed by atoms with van der Waals surface area (Å²) in [6, 6.07) is 4.34. The third-order valence-corrected chi connectivity index (χ3v) is 3.09. The summed E-state index contributed by atoms with van der Waals surface area (Å²) < 4.78 is 18.7. The van der Waals surface area contributed by atoms with Gasteiger partial charge >= 0.3 is 0 Å². The van der Waals surface area contributed by atoms with Gasteiger partial charge in [0, 0.05) is 24.4 Å². The fourth-order valence-electron chi connectivity index (χ4n) is 1.37. The SMILES string of the molecule is COC(C)CC(=O)Cc1cc(F)ccc1Br. The van der Waals surface area contributed by atoms with Crippen molar-refractivity contribution in [2.75, 3.05) is 7.11 Å². The summed E-state index contributed by atoms with van der Waals surface area (Å²) in [7, 11) is 1.57. The molecule has 0 radical (unpaired) electrons. The zero-order valence-corrected chi connectivity index (χ0v) is 10.9. The number of Topliss-reactive ketones (excluding diaryl/α,β-unsaturated/α-hetero) is 1. The highest BCUT2D eigenvalue weighted by Gasteiger charge is 2.11. The van der Waals surface area contributed by atoms with E-state index in [0.717, 1.165) is 4.47 Å². The van der Waals surface area contributed by atoms with Gasteiger partial charge in [-0.2, -0.15) is 0 Å². The van der Waals surface area contributed by atoms with Crippen LogP contribution < -0.4 is 0 Å². The second-order valence-electron chi connectivity index (χ2n) is 3.70. The Balaban J connectivity index is 2.65. The van der Waals surface area contributed by atoms with Crippen molar-refractivity contribution < 1.29 is 13.9 Å². The van der Waals surface area contributed by atoms with Crippen LogP contribution in [0.2, 0.25) is 0 Å². The lowest BCUT2D eigenvalue weighted by Gasteiger charge is -2.09. The Kier molecular flexibility index (Phi) is 5.09. The van der Waals surface area contributed by atoms with Crippen LogP contribution in [0.25, 0.3) is 0 Å². The summed E-state index contributed by atoms with van der Waals surface area (Å²) in [4.78, 5) is 11.6. The number of hydrogen-bond acceptors (Lipinski definition) is 2. The lowest BCUT2D eigenvalue weighted by atomic mass is 10.1. The number of ether oxygens (including phenoxy) is 1. The molecule has 0 fully saturated rings. The van der Waals surface area contributed by atoms with Crippen molar-refractivity contribution in [2.45, 2.75) is 25.9 Å². The maximum absolute atomic E-state index is 13.0. The van der Waals surface area contributed by atoms with Crippen molar-refractivity contribution >= 4 is 21.7 Å². The van der Waals surface area contributed by atoms with Crippen LogP contribution in [0.15, 0.2) is 22.7 Å². The Morgan fingerprint density at radius 2 is 2.25 bits per heavy atom. The van der Waals surface area contributed by atoms with Crippen LogP contribution in [0.1, 0.15) is 18.9 Å². The minimum absolute atomic E-state index is 0.0423. The highest BCUT2D eigenvalue weighted by Crippen LogP contribution is 2.19. The van der Waals surface area contributed by atoms with Crippen LogP contribution in [0.4, 0.5) is 4.39 Å². The Morgan fingerprint density at radius 1 is 1.56 bits per heavy atom. The lowest BCUT2D eigenvalue weighted by molar-refractivity contribution is -0.120. The number of halogens is 2. The maximum atomic E-state index is 13.0. The first kappa shape index (κ1) is 13.3. The number of rotatable bonds is 5. The average Bonchev–Trinajstić information content (AvgIpc) is 2.23. The van der Waals surface area contributed by atoms with Gasteiger partial charge < -0.3 is 4.74 Å². The normalized spacial score (nSPS) is 12.5. The molecule has 4 heteroatoms. The fourth-order valence-corrected chi connectivity index (χ4v) is 1.75. The van der Waals surface area contributed by atoms with E-state index in [0.29, 0.717) is 12.0 Å². The molecule has 1 aromatic carbocycles. The minimum atomic E-state index is -0.328. The monoisotopic (exact) mass is 288 g/mol. The molecule has 16 heavy (non-hydrogen) atoms. The third kappa shape index (κ3) is 4.02. The average molecular weight is 289 g/mol. The molecule has 0 heterocycles. The Bertz CT molecular complexity index is 379. The molecule has 88 valence electrons. The van der Waals surface area contributed by atoms with Gasteiger partial charge in [0.1, 0.15) is 11.6 Å². The Labute approximate surface area is 103 Å². The zero-order valence-electron chi connectivity index (χ0n) is 9.30. The van der Waals surface area contributed by atoms with Gasteiger partial charge in [0.05, 0.1) is 6.10 Å². The van der Waals surface area contributed by atoms with Crippen LogP contribution >= 0.6 is 15.9 Å². The number of methoxy groups -OCH3 is 1. The van der Waals surface area contributed by atoms with Crippen LogP contribution in [-0.2, 0) is 16.0 Å². The van der Waals surface area contributed by atoms with Crippen molar-refractivity contribution in [1.82, 2.24) is 0 Å². The molecule has 0 spiro atoms. The molecule has 1 aromatic rings. The van der Waals surface area contributed by atoms with Gasteiger partial charge in [0.15, 0.2) is 0 Å². The van der Waals surface area contributed by atoms with E-state index in [1.165, 1.54) is 12.1 Å². The molecule has 0 bridgehead atoms. The van der Waals surface area contributed by atoms with Crippen LogP contribution in [-0.4, -0.2) is 19.0 Å². The second kappa shape index (κ2) is 6.11. The van der Waals surface area contributed by atoms with Crippen molar-refractivity contribution in [3.05, 3.63) is 34.1 Å². The predicted octanol–water partition coefficient (Wildman–Crippen LogP) is 3.12. The molecule has 0 aliphatic carbocycles. The molecule has 0 saturated carbocycles. The molecule has 0 N–H and O–H groups in total. The summed E-state index contributed by atoms with van der Waals surface area (Å²) in [6.45, 7) is 1.83. The summed E-state index contributed by atoms with van der Waals surface area (Å²) in [5.74, 6) is -0.286. The quantitative estimate of drug-likeness (QED) is 0.832. The first-order chi connectivity index (χ1) is 7.52. The number of carbonyl (C=O) groups excluding carboxylic acids is 1. The molecule has 0 aliphatic rings. The van der Waals surface area contributed by atoms with Gasteiger partial charge in [-0.1, -0.05) is 15.9 Å². The molecule has 1 unspecified atom stereocenters. The highest BCUT2D eigenvalue weighted by atomic mass is 79.9. The number of carbonyl (C=O) groups is 1. The predicted molar refractivity (Wildman–Crippen MR) is 63.9 cm³/mol. The van der Waals surface area contributed by atoms with Gasteiger partial charge in [-0.05, 0) is 30.7 Å². The summed E-state index contributed by atoms with van der Waals surface area (Å²) in [6.07, 6.45) is 0.478. The van der Waals surface area contributed by atoms with Crippen molar-refractivity contribution in [3.8, 4) is 0 Å². The standard InChI is InChI=1S/C12H14BrFO2/c1-8(16-2)5-11(15)7-9-6-10(14)3-4-12(9)13/h3-4,6,8H,5,7H2,1-2H3. The van der Waals surface area contributed by atoms with E-state index in [1.807, 2.05) is 6.92 Å². The molecule has 1 atom stereocenters. The van der Waals surface area contributed by atoms with Crippen LogP contribution in [0, 0.1) is 5.82 Å². The molecule has 0 aliphatic heterocycles. The van der Waals surface area contributed by atoms with Crippen molar-refractivity contribution in [1.29, 1.82) is 0 Å². The van der Waals surface area contributed by atoms with E-state index in [-0.39, 0.29) is 24.1 Å². The van der Waals surface area contributed by atoms with Crippen molar-refractivity contribution in [2.24, 2.45) is 0 Å². The van der Waals surface area contributed by atoms with E-state index in [1.54, 1.807) is 13.2 Å². The smallest absolute Gasteiger partial charge is 0.139 e. The van der Waals surface area contributed by atoms with Gasteiger partial charge in [-0.25, -0.2) is 4.39 Å². The summed E-state index contributed by atoms with van der Waals surface area (Å²) in [5.41, 5.74) is 0.674. The van der Waals surface area contributed by atoms with Crippen molar-refractivity contribution in [3.63, 3.8) is 0 Å². The molecule has 0 aromatic heterocycles. The molecule has 0 amide bonds. The second-order valence-corrected chi connectivity index (χ2v) is 4.56. The van der Waals surface area contributed by atoms with Gasteiger partial charge in [0.2, 0.25) is 0 Å². The number of hydrogen-bond donors (Lipinski definition) is 0. The molecular weight excluding hydrogens is 275 g/mol. The van der Waals surface area contributed by atoms with E-state index in [2.05, 4.69) is 15.9 Å². The Morgan fingerprint density at radius 3 is 2.88 bits per heavy atom. The number of benzene rings is 1. The zero-order chi connectivity index (χ0) is 12.1. The first-order valence-electron chi connectivity index (χ1n) is 5.01. The first-order valence-corrected chi connectivity index (χ1v) is 5.80. The largest absolute Gasteiger partial charge is 0.381 e. The third-order valence-electron chi connectivity index (χ3n) is 2.31. The van der Waals surface area contributed by atoms with Crippen LogP contribution in [0.3, 0.4) is 0 Å². The van der Waals surface area contributed by atoms with Gasteiger partial charge in [-0.3, -0.25) is 4.79 Å².